The van der Waals surface area contributed by atoms with Crippen LogP contribution in [0.3, 0.4) is 0 Å². The third-order valence-corrected chi connectivity index (χ3v) is 1.46. The number of allylic oxidation sites excluding steroid dienone is 1. The maximum atomic E-state index is 8.74. The predicted molar refractivity (Wildman–Crippen MR) is 38.5 cm³/mol. The molecule has 60 valence electrons. The van der Waals surface area contributed by atoms with Gasteiger partial charge in [-0.25, -0.2) is 0 Å². The fourth-order valence-corrected chi connectivity index (χ4v) is 0.662. The lowest BCUT2D eigenvalue weighted by Gasteiger charge is -2.22. The molecule has 0 saturated heterocycles. The van der Waals surface area contributed by atoms with Gasteiger partial charge in [0.25, 0.3) is 0 Å². The Bertz CT molecular complexity index is 97.2. The van der Waals surface area contributed by atoms with Crippen LogP contribution in [-0.4, -0.2) is 35.1 Å². The maximum Gasteiger partial charge on any atom is 0.0576 e. The van der Waals surface area contributed by atoms with Crippen molar-refractivity contribution >= 4 is 0 Å². The monoisotopic (exact) mass is 146 g/mol. The Morgan fingerprint density at radius 1 is 1.10 bits per heavy atom. The Kier molecular flexibility index (Phi) is 4.27. The zero-order valence-electron chi connectivity index (χ0n) is 6.12. The maximum absolute atomic E-state index is 8.74. The summed E-state index contributed by atoms with van der Waals surface area (Å²) in [6.45, 7) is 1.08. The summed E-state index contributed by atoms with van der Waals surface area (Å²) in [4.78, 5) is 0. The molecule has 3 N–H and O–H groups in total. The molecular weight excluding hydrogens is 132 g/mol. The van der Waals surface area contributed by atoms with Gasteiger partial charge < -0.3 is 15.3 Å². The Morgan fingerprint density at radius 2 is 1.50 bits per heavy atom. The van der Waals surface area contributed by atoms with Gasteiger partial charge in [0.1, 0.15) is 0 Å². The Balaban J connectivity index is 4.15. The molecule has 3 heteroatoms. The lowest BCUT2D eigenvalue weighted by Crippen LogP contribution is -2.31. The summed E-state index contributed by atoms with van der Waals surface area (Å²) >= 11 is 0. The summed E-state index contributed by atoms with van der Waals surface area (Å²) < 4.78 is 0. The normalized spacial score (nSPS) is 12.8. The molecule has 0 heterocycles. The van der Waals surface area contributed by atoms with E-state index in [1.54, 1.807) is 19.1 Å². The molecule has 0 aliphatic heterocycles. The van der Waals surface area contributed by atoms with E-state index in [9.17, 15) is 0 Å². The first-order valence-electron chi connectivity index (χ1n) is 3.21. The molecule has 0 aromatic carbocycles. The summed E-state index contributed by atoms with van der Waals surface area (Å²) in [5.41, 5.74) is -0.839. The molecule has 0 bridgehead atoms. The molecule has 0 spiro atoms. The molecule has 0 aromatic heterocycles. The van der Waals surface area contributed by atoms with Gasteiger partial charge >= 0.3 is 0 Å². The van der Waals surface area contributed by atoms with E-state index < -0.39 is 5.41 Å². The molecule has 3 nitrogen and oxygen atoms in total. The quantitative estimate of drug-likeness (QED) is 0.470. The van der Waals surface area contributed by atoms with E-state index in [2.05, 4.69) is 0 Å². The van der Waals surface area contributed by atoms with E-state index in [0.29, 0.717) is 0 Å². The lowest BCUT2D eigenvalue weighted by atomic mass is 9.91. The molecule has 0 aliphatic rings. The lowest BCUT2D eigenvalue weighted by molar-refractivity contribution is 0.0418. The van der Waals surface area contributed by atoms with Crippen LogP contribution in [0.15, 0.2) is 12.2 Å². The Morgan fingerprint density at radius 3 is 1.60 bits per heavy atom. The summed E-state index contributed by atoms with van der Waals surface area (Å²) in [7, 11) is 0. The van der Waals surface area contributed by atoms with Crippen LogP contribution in [0, 0.1) is 5.41 Å². The average Bonchev–Trinajstić information content (AvgIpc) is 2.01. The van der Waals surface area contributed by atoms with E-state index >= 15 is 0 Å². The van der Waals surface area contributed by atoms with Crippen molar-refractivity contribution in [2.45, 2.75) is 6.92 Å². The smallest absolute Gasteiger partial charge is 0.0576 e. The number of aliphatic hydroxyl groups excluding tert-OH is 3. The highest BCUT2D eigenvalue weighted by Crippen LogP contribution is 2.15. The SMILES string of the molecule is CC=CC(CO)(CO)CO. The van der Waals surface area contributed by atoms with Gasteiger partial charge in [0.15, 0.2) is 0 Å². The van der Waals surface area contributed by atoms with Crippen molar-refractivity contribution < 1.29 is 15.3 Å². The second kappa shape index (κ2) is 4.44. The van der Waals surface area contributed by atoms with E-state index in [1.165, 1.54) is 0 Å². The second-order valence-corrected chi connectivity index (χ2v) is 2.34. The Hall–Kier alpha value is -0.380. The number of aliphatic hydroxyl groups is 3. The van der Waals surface area contributed by atoms with Crippen molar-refractivity contribution in [3.05, 3.63) is 12.2 Å². The molecule has 0 unspecified atom stereocenters. The number of hydrogen-bond donors (Lipinski definition) is 3. The highest BCUT2D eigenvalue weighted by atomic mass is 16.3. The molecule has 0 fully saturated rings. The number of hydrogen-bond acceptors (Lipinski definition) is 3. The van der Waals surface area contributed by atoms with Crippen LogP contribution in [0.5, 0.6) is 0 Å². The third kappa shape index (κ3) is 2.10. The molecule has 0 aliphatic carbocycles. The van der Waals surface area contributed by atoms with Gasteiger partial charge in [-0.3, -0.25) is 0 Å². The summed E-state index contributed by atoms with van der Waals surface area (Å²) in [5.74, 6) is 0. The summed E-state index contributed by atoms with van der Waals surface area (Å²) in [6, 6.07) is 0. The van der Waals surface area contributed by atoms with Crippen LogP contribution >= 0.6 is 0 Å². The minimum absolute atomic E-state index is 0.232. The van der Waals surface area contributed by atoms with Crippen LogP contribution in [0.4, 0.5) is 0 Å². The van der Waals surface area contributed by atoms with Crippen LogP contribution in [0.2, 0.25) is 0 Å². The van der Waals surface area contributed by atoms with Gasteiger partial charge in [0.2, 0.25) is 0 Å². The molecule has 0 aromatic rings. The van der Waals surface area contributed by atoms with E-state index in [-0.39, 0.29) is 19.8 Å². The Labute approximate surface area is 60.6 Å². The average molecular weight is 146 g/mol. The largest absolute Gasteiger partial charge is 0.395 e. The highest BCUT2D eigenvalue weighted by Gasteiger charge is 2.23. The first kappa shape index (κ1) is 9.62. The van der Waals surface area contributed by atoms with Gasteiger partial charge in [0, 0.05) is 0 Å². The van der Waals surface area contributed by atoms with Gasteiger partial charge in [-0.1, -0.05) is 12.2 Å². The van der Waals surface area contributed by atoms with Gasteiger partial charge in [-0.2, -0.15) is 0 Å². The zero-order valence-corrected chi connectivity index (χ0v) is 6.12. The molecular formula is C7H14O3. The van der Waals surface area contributed by atoms with Crippen LogP contribution in [-0.2, 0) is 0 Å². The van der Waals surface area contributed by atoms with E-state index in [1.807, 2.05) is 0 Å². The van der Waals surface area contributed by atoms with Crippen molar-refractivity contribution in [2.75, 3.05) is 19.8 Å². The van der Waals surface area contributed by atoms with Gasteiger partial charge in [-0.05, 0) is 6.92 Å². The van der Waals surface area contributed by atoms with Crippen LogP contribution < -0.4 is 0 Å². The van der Waals surface area contributed by atoms with Crippen molar-refractivity contribution in [3.8, 4) is 0 Å². The van der Waals surface area contributed by atoms with E-state index in [4.69, 9.17) is 15.3 Å². The predicted octanol–water partition coefficient (Wildman–Crippen LogP) is -0.474. The first-order chi connectivity index (χ1) is 4.74. The third-order valence-electron chi connectivity index (χ3n) is 1.46. The van der Waals surface area contributed by atoms with Crippen molar-refractivity contribution in [1.82, 2.24) is 0 Å². The van der Waals surface area contributed by atoms with Crippen molar-refractivity contribution in [1.29, 1.82) is 0 Å². The molecule has 0 amide bonds. The topological polar surface area (TPSA) is 60.7 Å². The first-order valence-corrected chi connectivity index (χ1v) is 3.21. The fourth-order valence-electron chi connectivity index (χ4n) is 0.662. The fraction of sp³-hybridized carbons (Fsp3) is 0.714. The standard InChI is InChI=1S/C7H14O3/c1-2-3-7(4-8,5-9)6-10/h2-3,8-10H,4-6H2,1H3. The minimum atomic E-state index is -0.839. The molecule has 10 heavy (non-hydrogen) atoms. The van der Waals surface area contributed by atoms with Gasteiger partial charge in [0.05, 0.1) is 25.2 Å². The second-order valence-electron chi connectivity index (χ2n) is 2.34. The summed E-state index contributed by atoms with van der Waals surface area (Å²) in [6.07, 6.45) is 3.30. The van der Waals surface area contributed by atoms with E-state index in [0.717, 1.165) is 0 Å². The molecule has 0 radical (unpaired) electrons. The highest BCUT2D eigenvalue weighted by molar-refractivity contribution is 4.97. The molecule has 0 atom stereocenters. The van der Waals surface area contributed by atoms with Crippen LogP contribution in [0.25, 0.3) is 0 Å². The van der Waals surface area contributed by atoms with Crippen molar-refractivity contribution in [3.63, 3.8) is 0 Å². The zero-order chi connectivity index (χ0) is 8.04. The van der Waals surface area contributed by atoms with Crippen LogP contribution in [0.1, 0.15) is 6.92 Å². The summed E-state index contributed by atoms with van der Waals surface area (Å²) in [5, 5.41) is 26.2. The minimum Gasteiger partial charge on any atom is -0.395 e. The van der Waals surface area contributed by atoms with Gasteiger partial charge in [-0.15, -0.1) is 0 Å². The molecule has 0 saturated carbocycles. The molecule has 0 rings (SSSR count). The number of rotatable bonds is 4. The van der Waals surface area contributed by atoms with Crippen molar-refractivity contribution in [2.24, 2.45) is 5.41 Å².